The number of furan rings is 1. The van der Waals surface area contributed by atoms with Crippen molar-refractivity contribution in [1.29, 1.82) is 0 Å². The van der Waals surface area contributed by atoms with Crippen LogP contribution in [0, 0.1) is 0 Å². The first-order chi connectivity index (χ1) is 6.83. The lowest BCUT2D eigenvalue weighted by atomic mass is 10.4. The van der Waals surface area contributed by atoms with Gasteiger partial charge < -0.3 is 9.73 Å². The van der Waals surface area contributed by atoms with E-state index in [9.17, 15) is 4.79 Å². The minimum Gasteiger partial charge on any atom is -0.467 e. The van der Waals surface area contributed by atoms with Gasteiger partial charge in [-0.1, -0.05) is 5.11 Å². The minimum atomic E-state index is -0.159. The summed E-state index contributed by atoms with van der Waals surface area (Å²) in [5, 5.41) is 5.88. The molecule has 1 aromatic rings. The fourth-order valence-electron chi connectivity index (χ4n) is 0.884. The van der Waals surface area contributed by atoms with Gasteiger partial charge in [0.1, 0.15) is 5.76 Å². The molecule has 0 aromatic carbocycles. The van der Waals surface area contributed by atoms with Gasteiger partial charge >= 0.3 is 0 Å². The molecule has 1 amide bonds. The molecule has 74 valence electrons. The van der Waals surface area contributed by atoms with Crippen LogP contribution in [-0.2, 0) is 11.3 Å². The molecule has 0 bridgehead atoms. The van der Waals surface area contributed by atoms with Crippen LogP contribution in [0.2, 0.25) is 0 Å². The maximum atomic E-state index is 11.1. The number of carbonyl (C=O) groups excluding carboxylic acids is 1. The summed E-state index contributed by atoms with van der Waals surface area (Å²) in [6.07, 6.45) is 1.74. The van der Waals surface area contributed by atoms with Crippen molar-refractivity contribution in [2.24, 2.45) is 5.11 Å². The molecule has 6 nitrogen and oxygen atoms in total. The Morgan fingerprint density at radius 1 is 1.71 bits per heavy atom. The third kappa shape index (κ3) is 3.64. The summed E-state index contributed by atoms with van der Waals surface area (Å²) in [5.74, 6) is 0.538. The van der Waals surface area contributed by atoms with Crippen molar-refractivity contribution in [3.8, 4) is 0 Å². The van der Waals surface area contributed by atoms with Gasteiger partial charge in [0.05, 0.1) is 12.8 Å². The van der Waals surface area contributed by atoms with E-state index in [1.54, 1.807) is 18.4 Å². The Labute approximate surface area is 80.5 Å². The Morgan fingerprint density at radius 3 is 3.21 bits per heavy atom. The van der Waals surface area contributed by atoms with Gasteiger partial charge in [0.25, 0.3) is 0 Å². The molecule has 1 aromatic heterocycles. The third-order valence-electron chi connectivity index (χ3n) is 1.54. The highest BCUT2D eigenvalue weighted by Gasteiger charge is 2.00. The monoisotopic (exact) mass is 194 g/mol. The van der Waals surface area contributed by atoms with Crippen molar-refractivity contribution in [3.05, 3.63) is 34.6 Å². The van der Waals surface area contributed by atoms with Crippen LogP contribution < -0.4 is 5.32 Å². The predicted octanol–water partition coefficient (Wildman–Crippen LogP) is 1.60. The average molecular weight is 194 g/mol. The summed E-state index contributed by atoms with van der Waals surface area (Å²) in [6, 6.07) is 3.52. The van der Waals surface area contributed by atoms with Crippen LogP contribution in [0.5, 0.6) is 0 Å². The number of carbonyl (C=O) groups is 1. The number of nitrogens with zero attached hydrogens (tertiary/aromatic N) is 3. The first-order valence-electron chi connectivity index (χ1n) is 4.13. The molecule has 0 unspecified atom stereocenters. The van der Waals surface area contributed by atoms with Gasteiger partial charge in [-0.25, -0.2) is 0 Å². The van der Waals surface area contributed by atoms with E-state index in [1.807, 2.05) is 0 Å². The first kappa shape index (κ1) is 10.1. The number of rotatable bonds is 5. The molecule has 0 atom stereocenters. The molecule has 1 heterocycles. The van der Waals surface area contributed by atoms with Crippen LogP contribution in [0.15, 0.2) is 27.9 Å². The first-order valence-corrected chi connectivity index (χ1v) is 4.13. The lowest BCUT2D eigenvalue weighted by molar-refractivity contribution is -0.121. The summed E-state index contributed by atoms with van der Waals surface area (Å²) in [6.45, 7) is 0.544. The van der Waals surface area contributed by atoms with Crippen molar-refractivity contribution in [1.82, 2.24) is 5.32 Å². The van der Waals surface area contributed by atoms with Gasteiger partial charge in [-0.05, 0) is 17.7 Å². The zero-order valence-electron chi connectivity index (χ0n) is 7.51. The summed E-state index contributed by atoms with van der Waals surface area (Å²) >= 11 is 0. The van der Waals surface area contributed by atoms with Gasteiger partial charge in [0, 0.05) is 17.9 Å². The largest absolute Gasteiger partial charge is 0.467 e. The van der Waals surface area contributed by atoms with E-state index in [0.29, 0.717) is 12.3 Å². The number of hydrogen-bond acceptors (Lipinski definition) is 3. The van der Waals surface area contributed by atoms with E-state index < -0.39 is 0 Å². The van der Waals surface area contributed by atoms with Gasteiger partial charge in [-0.15, -0.1) is 0 Å². The smallest absolute Gasteiger partial charge is 0.220 e. The predicted molar refractivity (Wildman–Crippen MR) is 49.2 cm³/mol. The Bertz CT molecular complexity index is 327. The normalized spacial score (nSPS) is 9.14. The number of nitrogens with one attached hydrogen (secondary N) is 1. The van der Waals surface area contributed by atoms with Crippen LogP contribution in [0.1, 0.15) is 12.2 Å². The molecule has 1 N–H and O–H groups in total. The molecule has 14 heavy (non-hydrogen) atoms. The van der Waals surface area contributed by atoms with Gasteiger partial charge in [0.15, 0.2) is 0 Å². The molecule has 0 aliphatic heterocycles. The zero-order valence-corrected chi connectivity index (χ0v) is 7.51. The maximum Gasteiger partial charge on any atom is 0.220 e. The van der Waals surface area contributed by atoms with Crippen molar-refractivity contribution < 1.29 is 9.21 Å². The summed E-state index contributed by atoms with van der Waals surface area (Å²) in [5.41, 5.74) is 7.97. The molecule has 0 aliphatic rings. The number of amides is 1. The lowest BCUT2D eigenvalue weighted by Crippen LogP contribution is -2.22. The van der Waals surface area contributed by atoms with E-state index in [1.165, 1.54) is 0 Å². The Kier molecular flexibility index (Phi) is 4.10. The lowest BCUT2D eigenvalue weighted by Gasteiger charge is -2.00. The summed E-state index contributed by atoms with van der Waals surface area (Å²) in [7, 11) is 0. The highest BCUT2D eigenvalue weighted by Crippen LogP contribution is 1.98. The fraction of sp³-hybridized carbons (Fsp3) is 0.375. The molecule has 6 heteroatoms. The van der Waals surface area contributed by atoms with E-state index in [-0.39, 0.29) is 18.9 Å². The Hall–Kier alpha value is -1.94. The summed E-state index contributed by atoms with van der Waals surface area (Å²) in [4.78, 5) is 13.6. The fourth-order valence-corrected chi connectivity index (χ4v) is 0.884. The van der Waals surface area contributed by atoms with E-state index >= 15 is 0 Å². The quantitative estimate of drug-likeness (QED) is 0.438. The molecule has 0 aliphatic carbocycles. The van der Waals surface area contributed by atoms with Crippen LogP contribution in [-0.4, -0.2) is 12.5 Å². The van der Waals surface area contributed by atoms with Gasteiger partial charge in [-0.2, -0.15) is 0 Å². The van der Waals surface area contributed by atoms with Crippen LogP contribution in [0.3, 0.4) is 0 Å². The van der Waals surface area contributed by atoms with Crippen molar-refractivity contribution in [2.75, 3.05) is 6.54 Å². The second-order valence-electron chi connectivity index (χ2n) is 2.56. The number of hydrogen-bond donors (Lipinski definition) is 1. The van der Waals surface area contributed by atoms with Gasteiger partial charge in [0.2, 0.25) is 5.91 Å². The molecular weight excluding hydrogens is 184 g/mol. The Balaban J connectivity index is 2.18. The van der Waals surface area contributed by atoms with Gasteiger partial charge in [-0.3, -0.25) is 4.79 Å². The summed E-state index contributed by atoms with van der Waals surface area (Å²) < 4.78 is 5.01. The van der Waals surface area contributed by atoms with Crippen molar-refractivity contribution >= 4 is 5.91 Å². The topological polar surface area (TPSA) is 91.0 Å². The second kappa shape index (κ2) is 5.66. The van der Waals surface area contributed by atoms with E-state index in [0.717, 1.165) is 0 Å². The molecule has 0 radical (unpaired) electrons. The zero-order chi connectivity index (χ0) is 10.2. The maximum absolute atomic E-state index is 11.1. The molecular formula is C8H10N4O2. The Morgan fingerprint density at radius 2 is 2.57 bits per heavy atom. The van der Waals surface area contributed by atoms with Crippen LogP contribution >= 0.6 is 0 Å². The number of azide groups is 1. The third-order valence-corrected chi connectivity index (χ3v) is 1.54. The SMILES string of the molecule is [N-]=[N+]=NCCC(=O)NCc1ccco1. The highest BCUT2D eigenvalue weighted by atomic mass is 16.3. The molecule has 0 fully saturated rings. The minimum absolute atomic E-state index is 0.159. The highest BCUT2D eigenvalue weighted by molar-refractivity contribution is 5.75. The molecule has 1 rings (SSSR count). The average Bonchev–Trinajstić information content (AvgIpc) is 2.68. The van der Waals surface area contributed by atoms with Crippen LogP contribution in [0.25, 0.3) is 10.4 Å². The van der Waals surface area contributed by atoms with E-state index in [2.05, 4.69) is 15.3 Å². The van der Waals surface area contributed by atoms with Crippen LogP contribution in [0.4, 0.5) is 0 Å². The molecule has 0 saturated carbocycles. The molecule has 0 saturated heterocycles. The van der Waals surface area contributed by atoms with Crippen molar-refractivity contribution in [3.63, 3.8) is 0 Å². The van der Waals surface area contributed by atoms with E-state index in [4.69, 9.17) is 9.95 Å². The second-order valence-corrected chi connectivity index (χ2v) is 2.56. The standard InChI is InChI=1S/C8H10N4O2/c9-12-11-4-3-8(13)10-6-7-2-1-5-14-7/h1-2,5H,3-4,6H2,(H,10,13). The van der Waals surface area contributed by atoms with Crippen molar-refractivity contribution in [2.45, 2.75) is 13.0 Å². The molecule has 0 spiro atoms.